The fourth-order valence-corrected chi connectivity index (χ4v) is 3.14. The van der Waals surface area contributed by atoms with Crippen LogP contribution in [0.15, 0.2) is 18.2 Å². The number of rotatable bonds is 3. The molecule has 0 radical (unpaired) electrons. The first-order valence-electron chi connectivity index (χ1n) is 7.23. The summed E-state index contributed by atoms with van der Waals surface area (Å²) < 4.78 is 0. The minimum absolute atomic E-state index is 0.628. The molecule has 0 bridgehead atoms. The molecule has 0 spiro atoms. The summed E-state index contributed by atoms with van der Waals surface area (Å²) in [4.78, 5) is 2.69. The van der Waals surface area contributed by atoms with Gasteiger partial charge in [-0.2, -0.15) is 0 Å². The van der Waals surface area contributed by atoms with Gasteiger partial charge in [0, 0.05) is 30.4 Å². The summed E-state index contributed by atoms with van der Waals surface area (Å²) in [5, 5.41) is 3.71. The lowest BCUT2D eigenvalue weighted by Crippen LogP contribution is -2.31. The minimum atomic E-state index is 0.628. The molecule has 1 aliphatic carbocycles. The molecule has 2 nitrogen and oxygen atoms in total. The largest absolute Gasteiger partial charge is 0.381 e. The monoisotopic (exact) mass is 244 g/mol. The molecule has 2 heteroatoms. The highest BCUT2D eigenvalue weighted by molar-refractivity contribution is 5.49. The van der Waals surface area contributed by atoms with E-state index in [2.05, 4.69) is 49.2 Å². The van der Waals surface area contributed by atoms with Gasteiger partial charge >= 0.3 is 0 Å². The molecule has 1 aliphatic heterocycles. The Morgan fingerprint density at radius 3 is 2.61 bits per heavy atom. The standard InChI is InChI=1S/C16H24N2/c1-11-4-5-14(8-12(11)2)17-15-9-13(3)18(10-15)16-6-7-16/h4-5,8,13,15-17H,6-7,9-10H2,1-3H3. The van der Waals surface area contributed by atoms with Crippen molar-refractivity contribution in [1.29, 1.82) is 0 Å². The van der Waals surface area contributed by atoms with Crippen molar-refractivity contribution in [2.45, 2.75) is 58.2 Å². The van der Waals surface area contributed by atoms with Crippen molar-refractivity contribution < 1.29 is 0 Å². The Morgan fingerprint density at radius 1 is 1.17 bits per heavy atom. The van der Waals surface area contributed by atoms with Crippen molar-refractivity contribution in [3.63, 3.8) is 0 Å². The van der Waals surface area contributed by atoms with Gasteiger partial charge in [0.05, 0.1) is 0 Å². The number of hydrogen-bond donors (Lipinski definition) is 1. The maximum atomic E-state index is 3.71. The molecule has 2 atom stereocenters. The summed E-state index contributed by atoms with van der Waals surface area (Å²) in [6.07, 6.45) is 4.12. The topological polar surface area (TPSA) is 15.3 Å². The molecule has 1 N–H and O–H groups in total. The highest BCUT2D eigenvalue weighted by atomic mass is 15.3. The Balaban J connectivity index is 1.64. The van der Waals surface area contributed by atoms with Gasteiger partial charge in [-0.3, -0.25) is 4.90 Å². The Labute approximate surface area is 110 Å². The van der Waals surface area contributed by atoms with Crippen LogP contribution < -0.4 is 5.32 Å². The van der Waals surface area contributed by atoms with E-state index in [4.69, 9.17) is 0 Å². The summed E-state index contributed by atoms with van der Waals surface area (Å²) in [5.41, 5.74) is 4.04. The van der Waals surface area contributed by atoms with Crippen LogP contribution in [0.25, 0.3) is 0 Å². The first-order valence-corrected chi connectivity index (χ1v) is 7.23. The molecule has 1 aromatic rings. The molecule has 1 heterocycles. The van der Waals surface area contributed by atoms with Crippen molar-refractivity contribution in [3.05, 3.63) is 29.3 Å². The van der Waals surface area contributed by atoms with Crippen molar-refractivity contribution >= 4 is 5.69 Å². The average molecular weight is 244 g/mol. The molecule has 1 saturated carbocycles. The highest BCUT2D eigenvalue weighted by Gasteiger charge is 2.38. The summed E-state index contributed by atoms with van der Waals surface area (Å²) in [7, 11) is 0. The Bertz CT molecular complexity index is 437. The van der Waals surface area contributed by atoms with Crippen LogP contribution in [0.4, 0.5) is 5.69 Å². The molecule has 0 aromatic heterocycles. The summed E-state index contributed by atoms with van der Waals surface area (Å²) in [5.74, 6) is 0. The highest BCUT2D eigenvalue weighted by Crippen LogP contribution is 2.34. The first-order chi connectivity index (χ1) is 8.63. The van der Waals surface area contributed by atoms with Gasteiger partial charge < -0.3 is 5.32 Å². The molecule has 18 heavy (non-hydrogen) atoms. The van der Waals surface area contributed by atoms with E-state index in [1.165, 1.54) is 42.6 Å². The third kappa shape index (κ3) is 2.39. The fraction of sp³-hybridized carbons (Fsp3) is 0.625. The van der Waals surface area contributed by atoms with Gasteiger partial charge in [-0.15, -0.1) is 0 Å². The first kappa shape index (κ1) is 12.0. The van der Waals surface area contributed by atoms with E-state index in [0.29, 0.717) is 6.04 Å². The van der Waals surface area contributed by atoms with Crippen LogP contribution in [0.3, 0.4) is 0 Å². The lowest BCUT2D eigenvalue weighted by atomic mass is 10.1. The molecular formula is C16H24N2. The second-order valence-corrected chi connectivity index (χ2v) is 6.15. The van der Waals surface area contributed by atoms with Gasteiger partial charge in [-0.25, -0.2) is 0 Å². The summed E-state index contributed by atoms with van der Waals surface area (Å²) >= 11 is 0. The van der Waals surface area contributed by atoms with E-state index in [1.807, 2.05) is 0 Å². The fourth-order valence-electron chi connectivity index (χ4n) is 3.14. The molecule has 2 aliphatic rings. The van der Waals surface area contributed by atoms with Crippen molar-refractivity contribution in [1.82, 2.24) is 4.90 Å². The van der Waals surface area contributed by atoms with Crippen LogP contribution in [0.5, 0.6) is 0 Å². The van der Waals surface area contributed by atoms with Crippen LogP contribution in [0.2, 0.25) is 0 Å². The van der Waals surface area contributed by atoms with Gasteiger partial charge in [0.25, 0.3) is 0 Å². The van der Waals surface area contributed by atoms with Gasteiger partial charge in [0.2, 0.25) is 0 Å². The quantitative estimate of drug-likeness (QED) is 0.877. The molecule has 2 unspecified atom stereocenters. The number of benzene rings is 1. The molecule has 0 amide bonds. The maximum absolute atomic E-state index is 3.71. The van der Waals surface area contributed by atoms with Crippen molar-refractivity contribution in [3.8, 4) is 0 Å². The van der Waals surface area contributed by atoms with Crippen molar-refractivity contribution in [2.24, 2.45) is 0 Å². The third-order valence-corrected chi connectivity index (χ3v) is 4.52. The molecular weight excluding hydrogens is 220 g/mol. The van der Waals surface area contributed by atoms with E-state index < -0.39 is 0 Å². The average Bonchev–Trinajstić information content (AvgIpc) is 3.09. The van der Waals surface area contributed by atoms with Gasteiger partial charge in [0.15, 0.2) is 0 Å². The molecule has 98 valence electrons. The predicted molar refractivity (Wildman–Crippen MR) is 77.1 cm³/mol. The smallest absolute Gasteiger partial charge is 0.0403 e. The third-order valence-electron chi connectivity index (χ3n) is 4.52. The van der Waals surface area contributed by atoms with Crippen LogP contribution in [0, 0.1) is 13.8 Å². The lowest BCUT2D eigenvalue weighted by molar-refractivity contribution is 0.257. The maximum Gasteiger partial charge on any atom is 0.0403 e. The molecule has 2 fully saturated rings. The Kier molecular flexibility index (Phi) is 3.06. The number of nitrogens with zero attached hydrogens (tertiary/aromatic N) is 1. The van der Waals surface area contributed by atoms with Crippen LogP contribution in [-0.4, -0.2) is 29.6 Å². The second kappa shape index (κ2) is 4.58. The second-order valence-electron chi connectivity index (χ2n) is 6.15. The summed E-state index contributed by atoms with van der Waals surface area (Å²) in [6, 6.07) is 8.98. The van der Waals surface area contributed by atoms with E-state index in [1.54, 1.807) is 0 Å². The SMILES string of the molecule is Cc1ccc(NC2CC(C)N(C3CC3)C2)cc1C. The molecule has 3 rings (SSSR count). The van der Waals surface area contributed by atoms with E-state index in [9.17, 15) is 0 Å². The van der Waals surface area contributed by atoms with E-state index >= 15 is 0 Å². The minimum Gasteiger partial charge on any atom is -0.381 e. The van der Waals surface area contributed by atoms with Gasteiger partial charge in [-0.05, 0) is 63.3 Å². The van der Waals surface area contributed by atoms with Crippen LogP contribution in [-0.2, 0) is 0 Å². The number of nitrogens with one attached hydrogen (secondary N) is 1. The van der Waals surface area contributed by atoms with Crippen LogP contribution >= 0.6 is 0 Å². The normalized spacial score (nSPS) is 28.6. The molecule has 1 saturated heterocycles. The lowest BCUT2D eigenvalue weighted by Gasteiger charge is -2.20. The Morgan fingerprint density at radius 2 is 1.94 bits per heavy atom. The van der Waals surface area contributed by atoms with E-state index in [-0.39, 0.29) is 0 Å². The zero-order chi connectivity index (χ0) is 12.7. The van der Waals surface area contributed by atoms with Gasteiger partial charge in [0.1, 0.15) is 0 Å². The molecule has 1 aromatic carbocycles. The zero-order valence-electron chi connectivity index (χ0n) is 11.7. The number of anilines is 1. The summed E-state index contributed by atoms with van der Waals surface area (Å²) in [6.45, 7) is 7.96. The van der Waals surface area contributed by atoms with Crippen molar-refractivity contribution in [2.75, 3.05) is 11.9 Å². The number of hydrogen-bond acceptors (Lipinski definition) is 2. The number of aryl methyl sites for hydroxylation is 2. The van der Waals surface area contributed by atoms with E-state index in [0.717, 1.165) is 12.1 Å². The number of likely N-dealkylation sites (tertiary alicyclic amines) is 1. The van der Waals surface area contributed by atoms with Gasteiger partial charge in [-0.1, -0.05) is 6.07 Å². The zero-order valence-corrected chi connectivity index (χ0v) is 11.7. The van der Waals surface area contributed by atoms with Crippen LogP contribution in [0.1, 0.15) is 37.3 Å². The predicted octanol–water partition coefficient (Wildman–Crippen LogP) is 3.34. The Hall–Kier alpha value is -1.02.